The highest BCUT2D eigenvalue weighted by molar-refractivity contribution is 6.09. The molecular weight excluding hydrogens is 432 g/mol. The molecule has 0 saturated carbocycles. The number of Topliss-reactive ketones (excluding diaryl/α,β-unsaturated/α-hetero) is 1. The molecule has 0 aliphatic carbocycles. The van der Waals surface area contributed by atoms with Crippen molar-refractivity contribution in [1.29, 1.82) is 0 Å². The first-order chi connectivity index (χ1) is 16.3. The summed E-state index contributed by atoms with van der Waals surface area (Å²) in [7, 11) is 2.86. The molecule has 0 aromatic heterocycles. The molecule has 7 heteroatoms. The van der Waals surface area contributed by atoms with E-state index in [9.17, 15) is 19.2 Å². The minimum absolute atomic E-state index is 0.0223. The van der Waals surface area contributed by atoms with E-state index in [1.165, 1.54) is 19.1 Å². The van der Waals surface area contributed by atoms with Crippen molar-refractivity contribution in [3.05, 3.63) is 59.7 Å². The smallest absolute Gasteiger partial charge is 0.327 e. The van der Waals surface area contributed by atoms with E-state index in [1.54, 1.807) is 6.92 Å². The third kappa shape index (κ3) is 3.06. The van der Waals surface area contributed by atoms with Crippen LogP contribution in [0.4, 0.5) is 0 Å². The van der Waals surface area contributed by atoms with Gasteiger partial charge < -0.3 is 4.74 Å². The monoisotopic (exact) mass is 460 g/mol. The van der Waals surface area contributed by atoms with Crippen molar-refractivity contribution in [3.8, 4) is 11.1 Å². The number of fused-ring (bicyclic) bond motifs is 3. The first kappa shape index (κ1) is 22.5. The third-order valence-corrected chi connectivity index (χ3v) is 7.90. The summed E-state index contributed by atoms with van der Waals surface area (Å²) < 4.78 is 5.22. The SMILES string of the molecule is COC(=O)[C@@]12CCCCN1C(c1ccc(-c3ccc(C(C)=O)cc3)cc1)C1C(=O)N(C)C(=O)C12. The van der Waals surface area contributed by atoms with E-state index in [4.69, 9.17) is 4.74 Å². The zero-order valence-corrected chi connectivity index (χ0v) is 19.6. The fraction of sp³-hybridized carbons (Fsp3) is 0.407. The average molecular weight is 461 g/mol. The zero-order chi connectivity index (χ0) is 24.2. The maximum atomic E-state index is 13.3. The van der Waals surface area contributed by atoms with Gasteiger partial charge in [0, 0.05) is 18.7 Å². The number of nitrogens with zero attached hydrogens (tertiary/aromatic N) is 2. The van der Waals surface area contributed by atoms with Gasteiger partial charge in [-0.05, 0) is 49.4 Å². The van der Waals surface area contributed by atoms with Gasteiger partial charge in [0.25, 0.3) is 0 Å². The van der Waals surface area contributed by atoms with Crippen LogP contribution < -0.4 is 0 Å². The Balaban J connectivity index is 1.56. The van der Waals surface area contributed by atoms with Crippen LogP contribution in [0, 0.1) is 11.8 Å². The summed E-state index contributed by atoms with van der Waals surface area (Å²) in [6.45, 7) is 2.17. The largest absolute Gasteiger partial charge is 0.468 e. The van der Waals surface area contributed by atoms with Gasteiger partial charge in [0.2, 0.25) is 11.8 Å². The number of hydrogen-bond acceptors (Lipinski definition) is 6. The van der Waals surface area contributed by atoms with Crippen LogP contribution >= 0.6 is 0 Å². The first-order valence-corrected chi connectivity index (χ1v) is 11.7. The number of benzene rings is 2. The molecule has 3 unspecified atom stereocenters. The molecule has 3 saturated heterocycles. The average Bonchev–Trinajstić information content (AvgIpc) is 3.30. The van der Waals surface area contributed by atoms with Crippen LogP contribution in [0.15, 0.2) is 48.5 Å². The van der Waals surface area contributed by atoms with Crippen molar-refractivity contribution < 1.29 is 23.9 Å². The van der Waals surface area contributed by atoms with Crippen LogP contribution in [0.3, 0.4) is 0 Å². The second kappa shape index (κ2) is 8.17. The Morgan fingerprint density at radius 3 is 2.15 bits per heavy atom. The van der Waals surface area contributed by atoms with E-state index in [2.05, 4.69) is 4.90 Å². The fourth-order valence-corrected chi connectivity index (χ4v) is 6.27. The van der Waals surface area contributed by atoms with Crippen LogP contribution in [-0.4, -0.2) is 59.6 Å². The molecule has 0 N–H and O–H groups in total. The van der Waals surface area contributed by atoms with Gasteiger partial charge in [-0.15, -0.1) is 0 Å². The Bertz CT molecular complexity index is 1170. The molecule has 2 aromatic carbocycles. The number of ether oxygens (including phenoxy) is 1. The molecule has 3 fully saturated rings. The molecule has 34 heavy (non-hydrogen) atoms. The molecule has 2 aromatic rings. The Morgan fingerprint density at radius 2 is 1.56 bits per heavy atom. The standard InChI is InChI=1S/C27H28N2O5/c1-16(30)17-6-8-18(9-7-17)19-10-12-20(13-11-19)23-21-22(25(32)28(2)24(21)31)27(26(33)34-3)14-4-5-15-29(23)27/h6-13,21-23H,4-5,14-15H2,1-3H3/t21?,22?,23?,27-/m0/s1. The lowest BCUT2D eigenvalue weighted by Crippen LogP contribution is -2.59. The minimum atomic E-state index is -1.11. The summed E-state index contributed by atoms with van der Waals surface area (Å²) in [4.78, 5) is 54.5. The highest BCUT2D eigenvalue weighted by Crippen LogP contribution is 2.58. The summed E-state index contributed by atoms with van der Waals surface area (Å²) in [5.74, 6) is -2.28. The maximum absolute atomic E-state index is 13.3. The second-order valence-electron chi connectivity index (χ2n) is 9.51. The van der Waals surface area contributed by atoms with Crippen molar-refractivity contribution in [2.24, 2.45) is 11.8 Å². The summed E-state index contributed by atoms with van der Waals surface area (Å²) in [5, 5.41) is 0. The van der Waals surface area contributed by atoms with Crippen molar-refractivity contribution in [2.45, 2.75) is 37.8 Å². The number of piperidine rings is 1. The van der Waals surface area contributed by atoms with Crippen LogP contribution in [0.25, 0.3) is 11.1 Å². The third-order valence-electron chi connectivity index (χ3n) is 7.90. The molecule has 2 amide bonds. The van der Waals surface area contributed by atoms with Crippen molar-refractivity contribution in [3.63, 3.8) is 0 Å². The van der Waals surface area contributed by atoms with Crippen LogP contribution in [0.2, 0.25) is 0 Å². The van der Waals surface area contributed by atoms with Crippen LogP contribution in [0.1, 0.15) is 48.1 Å². The predicted molar refractivity (Wildman–Crippen MR) is 125 cm³/mol. The number of carbonyl (C=O) groups is 4. The molecule has 3 heterocycles. The molecule has 0 radical (unpaired) electrons. The fourth-order valence-electron chi connectivity index (χ4n) is 6.27. The number of methoxy groups -OCH3 is 1. The second-order valence-corrected chi connectivity index (χ2v) is 9.51. The highest BCUT2D eigenvalue weighted by Gasteiger charge is 2.72. The zero-order valence-electron chi connectivity index (χ0n) is 19.6. The van der Waals surface area contributed by atoms with Gasteiger partial charge in [-0.25, -0.2) is 0 Å². The number of rotatable bonds is 4. The van der Waals surface area contributed by atoms with E-state index >= 15 is 0 Å². The van der Waals surface area contributed by atoms with Gasteiger partial charge in [0.15, 0.2) is 5.78 Å². The molecular formula is C27H28N2O5. The Labute approximate surface area is 198 Å². The lowest BCUT2D eigenvalue weighted by atomic mass is 9.75. The quantitative estimate of drug-likeness (QED) is 0.396. The Hall–Kier alpha value is -3.32. The van der Waals surface area contributed by atoms with Gasteiger partial charge in [-0.3, -0.25) is 29.0 Å². The molecule has 7 nitrogen and oxygen atoms in total. The highest BCUT2D eigenvalue weighted by atomic mass is 16.5. The maximum Gasteiger partial charge on any atom is 0.327 e. The van der Waals surface area contributed by atoms with E-state index in [-0.39, 0.29) is 23.6 Å². The summed E-state index contributed by atoms with van der Waals surface area (Å²) in [6, 6.07) is 15.0. The van der Waals surface area contributed by atoms with Crippen LogP contribution in [0.5, 0.6) is 0 Å². The van der Waals surface area contributed by atoms with E-state index in [0.717, 1.165) is 29.5 Å². The number of hydrogen-bond donors (Lipinski definition) is 0. The molecule has 4 atom stereocenters. The molecule has 0 spiro atoms. The van der Waals surface area contributed by atoms with Crippen molar-refractivity contribution in [2.75, 3.05) is 20.7 Å². The van der Waals surface area contributed by atoms with Gasteiger partial charge >= 0.3 is 5.97 Å². The number of esters is 1. The summed E-state index contributed by atoms with van der Waals surface area (Å²) in [6.07, 6.45) is 2.21. The number of likely N-dealkylation sites (tertiary alicyclic amines) is 1. The number of ketones is 1. The van der Waals surface area contributed by atoms with Gasteiger partial charge in [0.1, 0.15) is 5.54 Å². The van der Waals surface area contributed by atoms with Crippen LogP contribution in [-0.2, 0) is 19.1 Å². The van der Waals surface area contributed by atoms with Gasteiger partial charge in [0.05, 0.1) is 18.9 Å². The Kier molecular flexibility index (Phi) is 5.40. The number of carbonyl (C=O) groups excluding carboxylic acids is 4. The van der Waals surface area contributed by atoms with Crippen molar-refractivity contribution >= 4 is 23.6 Å². The van der Waals surface area contributed by atoms with Gasteiger partial charge in [-0.1, -0.05) is 48.5 Å². The van der Waals surface area contributed by atoms with Gasteiger partial charge in [-0.2, -0.15) is 0 Å². The first-order valence-electron chi connectivity index (χ1n) is 11.7. The van der Waals surface area contributed by atoms with E-state index < -0.39 is 23.3 Å². The minimum Gasteiger partial charge on any atom is -0.468 e. The molecule has 3 aliphatic rings. The predicted octanol–water partition coefficient (Wildman–Crippen LogP) is 3.24. The topological polar surface area (TPSA) is 84.0 Å². The Morgan fingerprint density at radius 1 is 0.941 bits per heavy atom. The summed E-state index contributed by atoms with van der Waals surface area (Å²) >= 11 is 0. The molecule has 5 rings (SSSR count). The molecule has 0 bridgehead atoms. The number of amides is 2. The number of imide groups is 1. The van der Waals surface area contributed by atoms with Crippen molar-refractivity contribution in [1.82, 2.24) is 9.80 Å². The molecule has 3 aliphatic heterocycles. The lowest BCUT2D eigenvalue weighted by Gasteiger charge is -2.44. The lowest BCUT2D eigenvalue weighted by molar-refractivity contribution is -0.163. The normalized spacial score (nSPS) is 28.6. The van der Waals surface area contributed by atoms with E-state index in [0.29, 0.717) is 18.5 Å². The molecule has 176 valence electrons. The summed E-state index contributed by atoms with van der Waals surface area (Å²) in [5.41, 5.74) is 2.42. The van der Waals surface area contributed by atoms with E-state index in [1.807, 2.05) is 48.5 Å².